The van der Waals surface area contributed by atoms with Crippen LogP contribution in [0.4, 0.5) is 0 Å². The largest absolute Gasteiger partial charge is 0.326 e. The molecule has 0 saturated carbocycles. The van der Waals surface area contributed by atoms with Gasteiger partial charge in [-0.15, -0.1) is 0 Å². The fourth-order valence-corrected chi connectivity index (χ4v) is 3.99. The minimum absolute atomic E-state index is 0.205. The van der Waals surface area contributed by atoms with Gasteiger partial charge < -0.3 is 5.73 Å². The Morgan fingerprint density at radius 2 is 2.19 bits per heavy atom. The minimum Gasteiger partial charge on any atom is -0.326 e. The summed E-state index contributed by atoms with van der Waals surface area (Å²) in [6.07, 6.45) is 3.59. The molecule has 6 nitrogen and oxygen atoms in total. The third kappa shape index (κ3) is 4.13. The molecule has 0 fully saturated rings. The fourth-order valence-electron chi connectivity index (χ4n) is 1.85. The van der Waals surface area contributed by atoms with Crippen molar-refractivity contribution in [3.63, 3.8) is 0 Å². The minimum atomic E-state index is -3.56. The van der Waals surface area contributed by atoms with Gasteiger partial charge in [0.25, 0.3) is 0 Å². The lowest BCUT2D eigenvalue weighted by atomic mass is 10.2. The van der Waals surface area contributed by atoms with E-state index in [1.165, 1.54) is 0 Å². The second-order valence-electron chi connectivity index (χ2n) is 4.65. The fraction of sp³-hybridized carbons (Fsp3) is 0.308. The van der Waals surface area contributed by atoms with E-state index in [4.69, 9.17) is 5.73 Å². The Labute approximate surface area is 132 Å². The number of halogens is 1. The number of aryl methyl sites for hydroxylation is 1. The van der Waals surface area contributed by atoms with Crippen LogP contribution < -0.4 is 10.5 Å². The molecule has 0 unspecified atom stereocenters. The van der Waals surface area contributed by atoms with Crippen molar-refractivity contribution in [1.29, 1.82) is 0 Å². The number of benzene rings is 1. The van der Waals surface area contributed by atoms with Gasteiger partial charge in [0.05, 0.1) is 17.6 Å². The summed E-state index contributed by atoms with van der Waals surface area (Å²) in [6.45, 7) is 3.05. The molecule has 0 aliphatic carbocycles. The number of rotatable bonds is 6. The third-order valence-electron chi connectivity index (χ3n) is 2.92. The molecule has 1 aromatic carbocycles. The first-order valence-electron chi connectivity index (χ1n) is 6.39. The van der Waals surface area contributed by atoms with E-state index < -0.39 is 10.0 Å². The van der Waals surface area contributed by atoms with Crippen molar-refractivity contribution in [2.45, 2.75) is 24.9 Å². The molecule has 0 saturated heterocycles. The van der Waals surface area contributed by atoms with Crippen LogP contribution in [0.15, 0.2) is 40.0 Å². The van der Waals surface area contributed by atoms with Gasteiger partial charge in [0, 0.05) is 23.8 Å². The molecular weight excluding hydrogens is 356 g/mol. The Hall–Kier alpha value is -1.22. The number of sulfonamides is 1. The van der Waals surface area contributed by atoms with Gasteiger partial charge in [0.15, 0.2) is 0 Å². The van der Waals surface area contributed by atoms with E-state index in [0.29, 0.717) is 17.6 Å². The zero-order chi connectivity index (χ0) is 15.5. The molecule has 8 heteroatoms. The van der Waals surface area contributed by atoms with E-state index in [9.17, 15) is 8.42 Å². The predicted octanol–water partition coefficient (Wildman–Crippen LogP) is 1.39. The number of nitrogens with two attached hydrogens (primary N) is 1. The summed E-state index contributed by atoms with van der Waals surface area (Å²) in [4.78, 5) is 0.205. The summed E-state index contributed by atoms with van der Waals surface area (Å²) in [6, 6.07) is 4.97. The normalized spacial score (nSPS) is 11.8. The smallest absolute Gasteiger partial charge is 0.241 e. The van der Waals surface area contributed by atoms with Gasteiger partial charge in [-0.3, -0.25) is 4.68 Å². The quantitative estimate of drug-likeness (QED) is 0.801. The van der Waals surface area contributed by atoms with E-state index >= 15 is 0 Å². The lowest BCUT2D eigenvalue weighted by Gasteiger charge is -2.09. The Balaban J connectivity index is 2.04. The van der Waals surface area contributed by atoms with Gasteiger partial charge >= 0.3 is 0 Å². The molecular formula is C13H17BrN4O2S. The van der Waals surface area contributed by atoms with Crippen LogP contribution in [0.3, 0.4) is 0 Å². The SMILES string of the molecule is Cc1cnn(CCNS(=O)(=O)c2ccc(CN)cc2Br)c1. The summed E-state index contributed by atoms with van der Waals surface area (Å²) >= 11 is 3.27. The van der Waals surface area contributed by atoms with Crippen LogP contribution in [0.5, 0.6) is 0 Å². The average molecular weight is 373 g/mol. The molecule has 21 heavy (non-hydrogen) atoms. The number of nitrogens with zero attached hydrogens (tertiary/aromatic N) is 2. The summed E-state index contributed by atoms with van der Waals surface area (Å²) in [5.74, 6) is 0. The highest BCUT2D eigenvalue weighted by Crippen LogP contribution is 2.22. The van der Waals surface area contributed by atoms with Crippen molar-refractivity contribution in [3.05, 3.63) is 46.2 Å². The van der Waals surface area contributed by atoms with Crippen LogP contribution in [0.25, 0.3) is 0 Å². The van der Waals surface area contributed by atoms with Crippen molar-refractivity contribution >= 4 is 26.0 Å². The Kier molecular flexibility index (Phi) is 5.15. The van der Waals surface area contributed by atoms with Crippen molar-refractivity contribution in [1.82, 2.24) is 14.5 Å². The number of hydrogen-bond donors (Lipinski definition) is 2. The molecule has 0 atom stereocenters. The predicted molar refractivity (Wildman–Crippen MR) is 84.2 cm³/mol. The van der Waals surface area contributed by atoms with Crippen molar-refractivity contribution in [3.8, 4) is 0 Å². The monoisotopic (exact) mass is 372 g/mol. The molecule has 1 heterocycles. The highest BCUT2D eigenvalue weighted by atomic mass is 79.9. The first-order chi connectivity index (χ1) is 9.92. The van der Waals surface area contributed by atoms with E-state index in [-0.39, 0.29) is 11.4 Å². The van der Waals surface area contributed by atoms with E-state index in [2.05, 4.69) is 25.8 Å². The lowest BCUT2D eigenvalue weighted by molar-refractivity contribution is 0.560. The topological polar surface area (TPSA) is 90.0 Å². The highest BCUT2D eigenvalue weighted by Gasteiger charge is 2.17. The Morgan fingerprint density at radius 1 is 1.43 bits per heavy atom. The molecule has 3 N–H and O–H groups in total. The number of hydrogen-bond acceptors (Lipinski definition) is 4. The molecule has 0 aliphatic rings. The van der Waals surface area contributed by atoms with Gasteiger partial charge in [-0.1, -0.05) is 6.07 Å². The average Bonchev–Trinajstić information content (AvgIpc) is 2.83. The molecule has 114 valence electrons. The van der Waals surface area contributed by atoms with Crippen molar-refractivity contribution in [2.24, 2.45) is 5.73 Å². The van der Waals surface area contributed by atoms with Gasteiger partial charge in [-0.25, -0.2) is 13.1 Å². The maximum Gasteiger partial charge on any atom is 0.241 e. The lowest BCUT2D eigenvalue weighted by Crippen LogP contribution is -2.28. The second kappa shape index (κ2) is 6.69. The van der Waals surface area contributed by atoms with Crippen LogP contribution in [-0.4, -0.2) is 24.7 Å². The molecule has 0 aliphatic heterocycles. The zero-order valence-corrected chi connectivity index (χ0v) is 14.0. The van der Waals surface area contributed by atoms with E-state index in [0.717, 1.165) is 11.1 Å². The van der Waals surface area contributed by atoms with Crippen LogP contribution in [0, 0.1) is 6.92 Å². The first kappa shape index (κ1) is 16.2. The van der Waals surface area contributed by atoms with Gasteiger partial charge in [0.1, 0.15) is 0 Å². The molecule has 2 aromatic rings. The van der Waals surface area contributed by atoms with Crippen LogP contribution in [0.2, 0.25) is 0 Å². The summed E-state index contributed by atoms with van der Waals surface area (Å²) in [7, 11) is -3.56. The van der Waals surface area contributed by atoms with Crippen LogP contribution >= 0.6 is 15.9 Å². The molecule has 0 spiro atoms. The van der Waals surface area contributed by atoms with E-state index in [1.807, 2.05) is 13.1 Å². The van der Waals surface area contributed by atoms with Gasteiger partial charge in [0.2, 0.25) is 10.0 Å². The first-order valence-corrected chi connectivity index (χ1v) is 8.67. The van der Waals surface area contributed by atoms with Crippen LogP contribution in [0.1, 0.15) is 11.1 Å². The molecule has 1 aromatic heterocycles. The summed E-state index contributed by atoms with van der Waals surface area (Å²) in [5.41, 5.74) is 7.44. The second-order valence-corrected chi connectivity index (χ2v) is 7.24. The number of aromatic nitrogens is 2. The van der Waals surface area contributed by atoms with E-state index in [1.54, 1.807) is 29.1 Å². The maximum absolute atomic E-state index is 12.2. The Morgan fingerprint density at radius 3 is 2.76 bits per heavy atom. The molecule has 2 rings (SSSR count). The molecule has 0 radical (unpaired) electrons. The van der Waals surface area contributed by atoms with Gasteiger partial charge in [-0.05, 0) is 46.1 Å². The number of nitrogens with one attached hydrogen (secondary N) is 1. The third-order valence-corrected chi connectivity index (χ3v) is 5.35. The van der Waals surface area contributed by atoms with Crippen molar-refractivity contribution in [2.75, 3.05) is 6.54 Å². The van der Waals surface area contributed by atoms with Crippen molar-refractivity contribution < 1.29 is 8.42 Å². The maximum atomic E-state index is 12.2. The van der Waals surface area contributed by atoms with Gasteiger partial charge in [-0.2, -0.15) is 5.10 Å². The standard InChI is InChI=1S/C13H17BrN4O2S/c1-10-8-16-18(9-10)5-4-17-21(19,20)13-3-2-11(7-15)6-12(13)14/h2-3,6,8-9,17H,4-5,7,15H2,1H3. The highest BCUT2D eigenvalue weighted by molar-refractivity contribution is 9.10. The zero-order valence-electron chi connectivity index (χ0n) is 11.6. The summed E-state index contributed by atoms with van der Waals surface area (Å²) < 4.78 is 29.3. The summed E-state index contributed by atoms with van der Waals surface area (Å²) in [5, 5.41) is 4.11. The Bertz CT molecular complexity index is 728. The molecule has 0 amide bonds. The van der Waals surface area contributed by atoms with Crippen LogP contribution in [-0.2, 0) is 23.1 Å². The molecule has 0 bridgehead atoms.